The number of aryl methyl sites for hydroxylation is 1. The van der Waals surface area contributed by atoms with Crippen LogP contribution in [0.2, 0.25) is 0 Å². The van der Waals surface area contributed by atoms with Gasteiger partial charge in [0.25, 0.3) is 0 Å². The van der Waals surface area contributed by atoms with Gasteiger partial charge in [-0.15, -0.1) is 35.3 Å². The second-order valence-corrected chi connectivity index (χ2v) is 15.4. The van der Waals surface area contributed by atoms with Crippen molar-refractivity contribution in [3.8, 4) is 50.7 Å². The molecule has 6 heteroatoms. The normalized spacial score (nSPS) is 22.0. The topological polar surface area (TPSA) is 33.5 Å². The van der Waals surface area contributed by atoms with E-state index in [1.807, 2.05) is 70.7 Å². The van der Waals surface area contributed by atoms with Gasteiger partial charge in [0, 0.05) is 78.7 Å². The Balaban J connectivity index is 0.00000631. The first-order valence-corrected chi connectivity index (χ1v) is 19.9. The second kappa shape index (κ2) is 15.7. The van der Waals surface area contributed by atoms with Gasteiger partial charge in [-0.05, 0) is 65.0 Å². The molecular formula is C56H41N4OPt-3. The monoisotopic (exact) mass is 995 g/mol. The number of aromatic nitrogens is 2. The number of hydrogen-bond acceptors (Lipinski definition) is 4. The Labute approximate surface area is 397 Å². The minimum Gasteiger partial charge on any atom is -0.519 e. The molecule has 2 aliphatic carbocycles. The Morgan fingerprint density at radius 1 is 0.645 bits per heavy atom. The Kier molecular flexibility index (Phi) is 6.39. The van der Waals surface area contributed by atoms with Crippen LogP contribution in [0.25, 0.3) is 61.0 Å². The van der Waals surface area contributed by atoms with Crippen molar-refractivity contribution in [2.24, 2.45) is 11.8 Å². The van der Waals surface area contributed by atoms with Crippen molar-refractivity contribution in [3.63, 3.8) is 0 Å². The fourth-order valence-electron chi connectivity index (χ4n) is 9.47. The summed E-state index contributed by atoms with van der Waals surface area (Å²) in [7, 11) is 0. The van der Waals surface area contributed by atoms with Crippen LogP contribution in [0, 0.1) is 37.6 Å². The maximum Gasteiger partial charge on any atom is 0.135 e. The van der Waals surface area contributed by atoms with Crippen molar-refractivity contribution in [1.29, 1.82) is 0 Å². The van der Waals surface area contributed by atoms with E-state index < -0.39 is 78.6 Å². The number of pyridine rings is 1. The molecule has 2 bridgehead atoms. The fourth-order valence-corrected chi connectivity index (χ4v) is 9.47. The van der Waals surface area contributed by atoms with E-state index in [4.69, 9.17) is 30.3 Å². The average Bonchev–Trinajstić information content (AvgIpc) is 4.31. The van der Waals surface area contributed by atoms with Crippen LogP contribution in [0.1, 0.15) is 32.5 Å². The number of para-hydroxylation sites is 2. The molecule has 9 aromatic rings. The molecule has 0 radical (unpaired) electrons. The molecule has 1 aliphatic heterocycles. The van der Waals surface area contributed by atoms with Crippen LogP contribution in [-0.4, -0.2) is 21.6 Å². The van der Waals surface area contributed by atoms with Gasteiger partial charge in [-0.1, -0.05) is 145 Å². The number of ether oxygens (including phenoxy) is 1. The molecule has 62 heavy (non-hydrogen) atoms. The van der Waals surface area contributed by atoms with Gasteiger partial charge in [0.1, 0.15) is 5.82 Å². The second-order valence-electron chi connectivity index (χ2n) is 15.4. The maximum atomic E-state index is 9.09. The molecule has 2 fully saturated rings. The van der Waals surface area contributed by atoms with E-state index in [1.165, 1.54) is 6.20 Å². The Hall–Kier alpha value is -6.68. The molecule has 5 nitrogen and oxygen atoms in total. The summed E-state index contributed by atoms with van der Waals surface area (Å²) in [6, 6.07) is 23.1. The summed E-state index contributed by atoms with van der Waals surface area (Å²) in [5, 5.41) is 1.79. The van der Waals surface area contributed by atoms with Crippen molar-refractivity contribution >= 4 is 33.2 Å². The molecule has 3 aliphatic rings. The van der Waals surface area contributed by atoms with E-state index in [0.29, 0.717) is 45.3 Å². The molecule has 4 atom stereocenters. The zero-order valence-corrected chi connectivity index (χ0v) is 35.1. The molecule has 7 aromatic carbocycles. The first-order chi connectivity index (χ1) is 36.4. The third-order valence-electron chi connectivity index (χ3n) is 12.0. The van der Waals surface area contributed by atoms with Gasteiger partial charge in [-0.2, -0.15) is 24.9 Å². The van der Waals surface area contributed by atoms with E-state index in [9.17, 15) is 0 Å². The third-order valence-corrected chi connectivity index (χ3v) is 12.0. The Morgan fingerprint density at radius 2 is 1.26 bits per heavy atom. The Bertz CT molecular complexity index is 3860. The first kappa shape index (κ1) is 25.3. The van der Waals surface area contributed by atoms with Gasteiger partial charge in [-0.25, -0.2) is 4.98 Å². The number of fused-ring (bicyclic) bond motifs is 8. The molecule has 0 N–H and O–H groups in total. The van der Waals surface area contributed by atoms with E-state index in [2.05, 4.69) is 29.2 Å². The van der Waals surface area contributed by atoms with E-state index in [-0.39, 0.29) is 84.9 Å². The van der Waals surface area contributed by atoms with E-state index in [0.717, 1.165) is 22.7 Å². The van der Waals surface area contributed by atoms with Gasteiger partial charge in [-0.3, -0.25) is 0 Å². The molecule has 0 spiro atoms. The van der Waals surface area contributed by atoms with Gasteiger partial charge in [0.15, 0.2) is 0 Å². The summed E-state index contributed by atoms with van der Waals surface area (Å²) in [6.45, 7) is 3.68. The van der Waals surface area contributed by atoms with Crippen LogP contribution in [0.15, 0.2) is 188 Å². The minimum absolute atomic E-state index is 0. The van der Waals surface area contributed by atoms with Gasteiger partial charge in [0.2, 0.25) is 0 Å². The SMILES string of the molecule is [2H]c1c([2H])c([2H])c(-c2cnc(-n3c4[c-]c(Oc5[c-]c(N6[CH-]N(c7c(-c8c([2H])c([2H])c([2H])c([2H])c8[2H])cccc7-c7c([2H])c([2H])c([2H])c([2H])c7[2H])C7C8C=C[C@H](C8)[C@@H]76)ccc5)ccc4c4ccccc43)cc2C)c([2H])c1[2H].[Pt]. The molecule has 0 amide bonds. The molecule has 3 heterocycles. The van der Waals surface area contributed by atoms with Crippen LogP contribution in [-0.2, 0) is 21.1 Å². The first-order valence-electron chi connectivity index (χ1n) is 27.4. The zero-order valence-electron chi connectivity index (χ0n) is 47.8. The average molecular weight is 996 g/mol. The Morgan fingerprint density at radius 3 is 1.94 bits per heavy atom. The van der Waals surface area contributed by atoms with Gasteiger partial charge < -0.3 is 19.1 Å². The molecule has 2 unspecified atom stereocenters. The summed E-state index contributed by atoms with van der Waals surface area (Å²) in [4.78, 5) is 8.85. The van der Waals surface area contributed by atoms with Gasteiger partial charge >= 0.3 is 0 Å². The number of hydrogen-bond donors (Lipinski definition) is 0. The summed E-state index contributed by atoms with van der Waals surface area (Å²) in [5.41, 5.74) is 3.78. The van der Waals surface area contributed by atoms with E-state index in [1.54, 1.807) is 31.2 Å². The quantitative estimate of drug-likeness (QED) is 0.112. The smallest absolute Gasteiger partial charge is 0.135 e. The summed E-state index contributed by atoms with van der Waals surface area (Å²) >= 11 is 0. The van der Waals surface area contributed by atoms with Crippen LogP contribution < -0.4 is 14.5 Å². The predicted molar refractivity (Wildman–Crippen MR) is 248 cm³/mol. The number of benzene rings is 7. The van der Waals surface area contributed by atoms with E-state index >= 15 is 0 Å². The third kappa shape index (κ3) is 6.37. The van der Waals surface area contributed by atoms with Crippen molar-refractivity contribution in [2.75, 3.05) is 9.80 Å². The van der Waals surface area contributed by atoms with Crippen molar-refractivity contribution in [2.45, 2.75) is 25.4 Å². The molecule has 304 valence electrons. The largest absolute Gasteiger partial charge is 0.519 e. The maximum absolute atomic E-state index is 9.09. The zero-order chi connectivity index (χ0) is 53.5. The standard InChI is InChI=1S/C56H41N4O.Pt/c1-37-31-53(57-35-50(37)40-19-9-4-10-20-40)60-51-26-12-11-23-48(51)49-30-29-45(34-52(49)60)61-44-22-13-21-43(33-44)58-36-59(55-42-28-27-41(32-42)54(55)58)56-46(38-15-5-2-6-16-38)24-14-25-47(56)39-17-7-3-8-18-39;/h2-31,35-36,41-42,54-55H,32H2,1H3;/q-3;/t41-,42?,54+,55?;/m1./s1/i2D,3D,4D,5D,6D,7D,8D,9D,10D,15D,16D,17D,18D,19D,20D;. The molecule has 2 aromatic heterocycles. The van der Waals surface area contributed by atoms with Crippen LogP contribution >= 0.6 is 0 Å². The van der Waals surface area contributed by atoms with Crippen molar-refractivity contribution in [3.05, 3.63) is 212 Å². The van der Waals surface area contributed by atoms with Crippen LogP contribution in [0.4, 0.5) is 11.4 Å². The predicted octanol–water partition coefficient (Wildman–Crippen LogP) is 13.3. The van der Waals surface area contributed by atoms with Crippen LogP contribution in [0.3, 0.4) is 0 Å². The van der Waals surface area contributed by atoms with Gasteiger partial charge in [0.05, 0.1) is 20.6 Å². The van der Waals surface area contributed by atoms with Crippen molar-refractivity contribution in [1.82, 2.24) is 9.55 Å². The molecule has 1 saturated carbocycles. The summed E-state index contributed by atoms with van der Waals surface area (Å²) < 4.78 is 138. The number of anilines is 2. The number of rotatable bonds is 8. The molecule has 12 rings (SSSR count). The number of nitrogens with zero attached hydrogens (tertiary/aromatic N) is 4. The molecular weight excluding hydrogens is 940 g/mol. The summed E-state index contributed by atoms with van der Waals surface area (Å²) in [5.74, 6) is 1.25. The van der Waals surface area contributed by atoms with Crippen molar-refractivity contribution < 1.29 is 46.4 Å². The molecule has 1 saturated heterocycles. The summed E-state index contributed by atoms with van der Waals surface area (Å²) in [6.07, 6.45) is 6.63. The minimum atomic E-state index is -0.563. The fraction of sp³-hybridized carbons (Fsp3) is 0.107. The van der Waals surface area contributed by atoms with Crippen LogP contribution in [0.5, 0.6) is 11.5 Å².